The highest BCUT2D eigenvalue weighted by Gasteiger charge is 2.38. The molecule has 1 aliphatic carbocycles. The molecule has 3 N–H and O–H groups in total. The summed E-state index contributed by atoms with van der Waals surface area (Å²) in [6.07, 6.45) is 7.88. The molecule has 2 heterocycles. The predicted octanol–water partition coefficient (Wildman–Crippen LogP) is 3.46. The topological polar surface area (TPSA) is 111 Å². The number of halogens is 1. The maximum atomic E-state index is 14.1. The van der Waals surface area contributed by atoms with Crippen LogP contribution < -0.4 is 15.4 Å². The van der Waals surface area contributed by atoms with Crippen molar-refractivity contribution in [3.63, 3.8) is 0 Å². The summed E-state index contributed by atoms with van der Waals surface area (Å²) in [6.45, 7) is 6.91. The molecule has 0 radical (unpaired) electrons. The average molecular weight is 658 g/mol. The second kappa shape index (κ2) is 14.5. The first kappa shape index (κ1) is 33.9. The summed E-state index contributed by atoms with van der Waals surface area (Å²) in [5.41, 5.74) is 2.85. The molecule has 1 saturated heterocycles. The fourth-order valence-electron chi connectivity index (χ4n) is 7.42. The number of carbonyl (C=O) groups is 2. The number of benzene rings is 2. The normalized spacial score (nSPS) is 22.3. The van der Waals surface area contributed by atoms with E-state index in [1.807, 2.05) is 29.2 Å². The van der Waals surface area contributed by atoms with Crippen LogP contribution >= 0.6 is 11.6 Å². The van der Waals surface area contributed by atoms with E-state index in [0.29, 0.717) is 56.5 Å². The first-order valence-corrected chi connectivity index (χ1v) is 18.5. The van der Waals surface area contributed by atoms with Crippen LogP contribution in [0.2, 0.25) is 5.02 Å². The quantitative estimate of drug-likeness (QED) is 0.361. The molecular formula is C34H48ClN5O4S. The highest BCUT2D eigenvalue weighted by Crippen LogP contribution is 2.31. The van der Waals surface area contributed by atoms with Crippen LogP contribution in [0.4, 0.5) is 0 Å². The number of amides is 2. The van der Waals surface area contributed by atoms with Crippen LogP contribution in [0.1, 0.15) is 62.6 Å². The standard InChI is InChI=1S/C34H48ClN5O4S/c1-34(2)28-12-8-7-11-26(28)22-29(38-34)32(41)37-30(21-24-13-15-27(35)16-14-24)33(42)40-19-17-39(18-20-40)31(23-36-45(3,43)44)25-9-5-4-6-10-25/h7-8,11-16,25,29-31,36,38H,4-6,9-10,17-23H2,1-3H3,(H,37,41)/t29?,30-,31?/m1/s1. The van der Waals surface area contributed by atoms with Crippen LogP contribution in [-0.4, -0.2) is 87.1 Å². The van der Waals surface area contributed by atoms with Gasteiger partial charge in [-0.15, -0.1) is 0 Å². The van der Waals surface area contributed by atoms with Crippen molar-refractivity contribution in [2.45, 2.75) is 82.5 Å². The number of fused-ring (bicyclic) bond motifs is 1. The smallest absolute Gasteiger partial charge is 0.245 e. The monoisotopic (exact) mass is 657 g/mol. The number of piperazine rings is 1. The lowest BCUT2D eigenvalue weighted by atomic mass is 9.82. The fourth-order valence-corrected chi connectivity index (χ4v) is 8.02. The van der Waals surface area contributed by atoms with Crippen LogP contribution in [-0.2, 0) is 38.0 Å². The lowest BCUT2D eigenvalue weighted by molar-refractivity contribution is -0.139. The van der Waals surface area contributed by atoms with Crippen molar-refractivity contribution in [2.24, 2.45) is 5.92 Å². The van der Waals surface area contributed by atoms with Gasteiger partial charge in [0.1, 0.15) is 6.04 Å². The summed E-state index contributed by atoms with van der Waals surface area (Å²) in [5.74, 6) is 0.147. The molecule has 5 rings (SSSR count). The van der Waals surface area contributed by atoms with Crippen molar-refractivity contribution in [3.8, 4) is 0 Å². The molecule has 2 aromatic rings. The Morgan fingerprint density at radius 2 is 1.67 bits per heavy atom. The summed E-state index contributed by atoms with van der Waals surface area (Å²) >= 11 is 6.13. The van der Waals surface area contributed by atoms with Gasteiger partial charge in [0.05, 0.1) is 12.3 Å². The van der Waals surface area contributed by atoms with Crippen LogP contribution in [0.3, 0.4) is 0 Å². The molecule has 1 saturated carbocycles. The largest absolute Gasteiger partial charge is 0.343 e. The van der Waals surface area contributed by atoms with Gasteiger partial charge in [0, 0.05) is 55.7 Å². The van der Waals surface area contributed by atoms with E-state index in [-0.39, 0.29) is 23.4 Å². The van der Waals surface area contributed by atoms with Gasteiger partial charge in [0.2, 0.25) is 21.8 Å². The molecule has 0 aromatic heterocycles. The van der Waals surface area contributed by atoms with Crippen LogP contribution in [0, 0.1) is 5.92 Å². The van der Waals surface area contributed by atoms with Crippen molar-refractivity contribution < 1.29 is 18.0 Å². The number of hydrogen-bond donors (Lipinski definition) is 3. The van der Waals surface area contributed by atoms with Crippen LogP contribution in [0.5, 0.6) is 0 Å². The summed E-state index contributed by atoms with van der Waals surface area (Å²) in [5, 5.41) is 7.25. The third-order valence-corrected chi connectivity index (χ3v) is 10.7. The maximum Gasteiger partial charge on any atom is 0.245 e. The molecule has 2 aliphatic heterocycles. The minimum absolute atomic E-state index is 0.100. The molecule has 9 nitrogen and oxygen atoms in total. The van der Waals surface area contributed by atoms with E-state index in [9.17, 15) is 18.0 Å². The van der Waals surface area contributed by atoms with E-state index >= 15 is 0 Å². The van der Waals surface area contributed by atoms with E-state index in [4.69, 9.17) is 11.6 Å². The first-order valence-electron chi connectivity index (χ1n) is 16.3. The third kappa shape index (κ3) is 8.86. The molecule has 3 atom stereocenters. The van der Waals surface area contributed by atoms with E-state index in [0.717, 1.165) is 24.0 Å². The Kier molecular flexibility index (Phi) is 10.9. The number of hydrogen-bond acceptors (Lipinski definition) is 6. The first-order chi connectivity index (χ1) is 21.4. The molecular weight excluding hydrogens is 610 g/mol. The average Bonchev–Trinajstić information content (AvgIpc) is 3.01. The number of nitrogens with zero attached hydrogens (tertiary/aromatic N) is 2. The zero-order valence-electron chi connectivity index (χ0n) is 26.7. The van der Waals surface area contributed by atoms with Gasteiger partial charge in [0.15, 0.2) is 0 Å². The zero-order valence-corrected chi connectivity index (χ0v) is 28.3. The van der Waals surface area contributed by atoms with Gasteiger partial charge >= 0.3 is 0 Å². The fraction of sp³-hybridized carbons (Fsp3) is 0.588. The lowest BCUT2D eigenvalue weighted by Gasteiger charge is -2.44. The maximum absolute atomic E-state index is 14.1. The molecule has 2 amide bonds. The summed E-state index contributed by atoms with van der Waals surface area (Å²) < 4.78 is 26.7. The number of carbonyl (C=O) groups excluding carboxylic acids is 2. The van der Waals surface area contributed by atoms with Crippen LogP contribution in [0.15, 0.2) is 48.5 Å². The van der Waals surface area contributed by atoms with Gasteiger partial charge in [-0.1, -0.05) is 67.3 Å². The SMILES string of the molecule is CC1(C)NC(C(=O)N[C@H](Cc2ccc(Cl)cc2)C(=O)N2CCN(C(CNS(C)(=O)=O)C3CCCCC3)CC2)Cc2ccccc21. The minimum Gasteiger partial charge on any atom is -0.343 e. The Labute approximate surface area is 273 Å². The van der Waals surface area contributed by atoms with Crippen molar-refractivity contribution in [2.75, 3.05) is 39.0 Å². The minimum atomic E-state index is -3.30. The molecule has 246 valence electrons. The molecule has 0 spiro atoms. The molecule has 0 bridgehead atoms. The molecule has 2 fully saturated rings. The second-order valence-corrected chi connectivity index (χ2v) is 15.8. The Morgan fingerprint density at radius 1 is 1.00 bits per heavy atom. The molecule has 3 aliphatic rings. The van der Waals surface area contributed by atoms with Gasteiger partial charge in [-0.2, -0.15) is 0 Å². The van der Waals surface area contributed by atoms with Crippen molar-refractivity contribution in [1.82, 2.24) is 25.2 Å². The number of nitrogens with one attached hydrogen (secondary N) is 3. The van der Waals surface area contributed by atoms with E-state index < -0.39 is 22.1 Å². The van der Waals surface area contributed by atoms with Crippen molar-refractivity contribution >= 4 is 33.4 Å². The highest BCUT2D eigenvalue weighted by molar-refractivity contribution is 7.88. The Hall–Kier alpha value is -2.50. The Morgan fingerprint density at radius 3 is 2.33 bits per heavy atom. The number of sulfonamides is 1. The lowest BCUT2D eigenvalue weighted by Crippen LogP contribution is -2.61. The number of rotatable bonds is 10. The Bertz CT molecular complexity index is 1440. The van der Waals surface area contributed by atoms with Gasteiger partial charge < -0.3 is 10.2 Å². The van der Waals surface area contributed by atoms with Crippen LogP contribution in [0.25, 0.3) is 0 Å². The van der Waals surface area contributed by atoms with Gasteiger partial charge in [0.25, 0.3) is 0 Å². The summed E-state index contributed by atoms with van der Waals surface area (Å²) in [7, 11) is -3.30. The second-order valence-electron chi connectivity index (χ2n) is 13.5. The molecule has 2 aromatic carbocycles. The van der Waals surface area contributed by atoms with E-state index in [1.54, 1.807) is 12.1 Å². The van der Waals surface area contributed by atoms with E-state index in [2.05, 4.69) is 46.2 Å². The third-order valence-electron chi connectivity index (χ3n) is 9.78. The van der Waals surface area contributed by atoms with Crippen molar-refractivity contribution in [1.29, 1.82) is 0 Å². The van der Waals surface area contributed by atoms with Gasteiger partial charge in [-0.3, -0.25) is 19.8 Å². The highest BCUT2D eigenvalue weighted by atomic mass is 35.5. The Balaban J connectivity index is 1.28. The van der Waals surface area contributed by atoms with E-state index in [1.165, 1.54) is 31.1 Å². The summed E-state index contributed by atoms with van der Waals surface area (Å²) in [6, 6.07) is 14.5. The van der Waals surface area contributed by atoms with Crippen molar-refractivity contribution in [3.05, 3.63) is 70.2 Å². The molecule has 45 heavy (non-hydrogen) atoms. The predicted molar refractivity (Wildman–Crippen MR) is 179 cm³/mol. The summed E-state index contributed by atoms with van der Waals surface area (Å²) in [4.78, 5) is 32.1. The zero-order chi connectivity index (χ0) is 32.2. The molecule has 11 heteroatoms. The van der Waals surface area contributed by atoms with Gasteiger partial charge in [-0.05, 0) is 67.9 Å². The van der Waals surface area contributed by atoms with Gasteiger partial charge in [-0.25, -0.2) is 13.1 Å². The molecule has 2 unspecified atom stereocenters.